The fraction of sp³-hybridized carbons (Fsp3) is 0.133. The third-order valence-corrected chi connectivity index (χ3v) is 3.37. The molecule has 21 heavy (non-hydrogen) atoms. The first-order valence-corrected chi connectivity index (χ1v) is 6.47. The van der Waals surface area contributed by atoms with E-state index in [1.165, 1.54) is 25.3 Å². The zero-order valence-corrected chi connectivity index (χ0v) is 12.2. The van der Waals surface area contributed by atoms with E-state index in [4.69, 9.17) is 16.3 Å². The molecule has 110 valence electrons. The largest absolute Gasteiger partial charge is 0.504 e. The number of carbonyl (C=O) groups is 1. The summed E-state index contributed by atoms with van der Waals surface area (Å²) < 4.78 is 5.17. The zero-order chi connectivity index (χ0) is 15.6. The maximum absolute atomic E-state index is 12.1. The van der Waals surface area contributed by atoms with Crippen LogP contribution in [-0.2, 0) is 0 Å². The van der Waals surface area contributed by atoms with E-state index < -0.39 is 5.91 Å². The fourth-order valence-electron chi connectivity index (χ4n) is 1.79. The number of halogens is 1. The molecule has 5 nitrogen and oxygen atoms in total. The highest BCUT2D eigenvalue weighted by molar-refractivity contribution is 6.31. The van der Waals surface area contributed by atoms with Crippen molar-refractivity contribution in [1.29, 1.82) is 0 Å². The van der Waals surface area contributed by atoms with E-state index in [9.17, 15) is 15.0 Å². The Labute approximate surface area is 126 Å². The lowest BCUT2D eigenvalue weighted by Gasteiger charge is -2.12. The van der Waals surface area contributed by atoms with Crippen LogP contribution in [0.5, 0.6) is 17.2 Å². The summed E-state index contributed by atoms with van der Waals surface area (Å²) in [4.78, 5) is 12.1. The number of carbonyl (C=O) groups excluding carboxylic acids is 1. The average Bonchev–Trinajstić information content (AvgIpc) is 2.45. The summed E-state index contributed by atoms with van der Waals surface area (Å²) in [6.45, 7) is 1.81. The Morgan fingerprint density at radius 3 is 2.52 bits per heavy atom. The molecular formula is C15H14ClNO4. The molecule has 2 aromatic carbocycles. The van der Waals surface area contributed by atoms with Gasteiger partial charge in [0.15, 0.2) is 11.5 Å². The molecule has 3 N–H and O–H groups in total. The van der Waals surface area contributed by atoms with E-state index >= 15 is 0 Å². The van der Waals surface area contributed by atoms with Crippen molar-refractivity contribution in [3.05, 3.63) is 46.5 Å². The van der Waals surface area contributed by atoms with Crippen molar-refractivity contribution >= 4 is 23.2 Å². The minimum absolute atomic E-state index is 0.208. The van der Waals surface area contributed by atoms with Crippen molar-refractivity contribution in [2.24, 2.45) is 0 Å². The minimum atomic E-state index is -0.440. The maximum atomic E-state index is 12.1. The number of phenols is 2. The summed E-state index contributed by atoms with van der Waals surface area (Å²) in [5, 5.41) is 21.9. The van der Waals surface area contributed by atoms with E-state index in [2.05, 4.69) is 5.32 Å². The summed E-state index contributed by atoms with van der Waals surface area (Å²) >= 11 is 6.00. The molecule has 0 atom stereocenters. The van der Waals surface area contributed by atoms with Crippen LogP contribution < -0.4 is 10.1 Å². The Balaban J connectivity index is 2.31. The van der Waals surface area contributed by atoms with E-state index in [-0.39, 0.29) is 17.1 Å². The molecular weight excluding hydrogens is 294 g/mol. The van der Waals surface area contributed by atoms with Gasteiger partial charge in [0, 0.05) is 16.7 Å². The maximum Gasteiger partial charge on any atom is 0.255 e. The quantitative estimate of drug-likeness (QED) is 0.760. The molecule has 0 fully saturated rings. The Morgan fingerprint density at radius 2 is 1.90 bits per heavy atom. The summed E-state index contributed by atoms with van der Waals surface area (Å²) in [5.74, 6) is -0.652. The molecule has 0 aliphatic heterocycles. The highest BCUT2D eigenvalue weighted by Crippen LogP contribution is 2.32. The summed E-state index contributed by atoms with van der Waals surface area (Å²) in [6, 6.07) is 7.13. The molecule has 2 aromatic rings. The Hall–Kier alpha value is -2.40. The summed E-state index contributed by atoms with van der Waals surface area (Å²) in [7, 11) is 1.48. The van der Waals surface area contributed by atoms with Crippen LogP contribution in [0.15, 0.2) is 30.3 Å². The van der Waals surface area contributed by atoms with Gasteiger partial charge in [0.2, 0.25) is 0 Å². The van der Waals surface area contributed by atoms with Gasteiger partial charge in [0.05, 0.1) is 12.8 Å². The molecule has 0 aliphatic rings. The zero-order valence-electron chi connectivity index (χ0n) is 11.5. The highest BCUT2D eigenvalue weighted by Gasteiger charge is 2.13. The van der Waals surface area contributed by atoms with Gasteiger partial charge in [0.25, 0.3) is 5.91 Å². The molecule has 0 aliphatic carbocycles. The van der Waals surface area contributed by atoms with Gasteiger partial charge in [-0.2, -0.15) is 0 Å². The first kappa shape index (κ1) is 15.0. The van der Waals surface area contributed by atoms with Crippen LogP contribution in [0.1, 0.15) is 15.9 Å². The minimum Gasteiger partial charge on any atom is -0.504 e. The van der Waals surface area contributed by atoms with Gasteiger partial charge >= 0.3 is 0 Å². The average molecular weight is 308 g/mol. The lowest BCUT2D eigenvalue weighted by atomic mass is 10.1. The SMILES string of the molecule is COc1cc(Cl)c(C)cc1NC(=O)c1ccc(O)c(O)c1. The topological polar surface area (TPSA) is 78.8 Å². The van der Waals surface area contributed by atoms with Crippen molar-refractivity contribution in [2.75, 3.05) is 12.4 Å². The second kappa shape index (κ2) is 5.93. The van der Waals surface area contributed by atoms with Crippen LogP contribution >= 0.6 is 11.6 Å². The van der Waals surface area contributed by atoms with Gasteiger partial charge in [-0.25, -0.2) is 0 Å². The van der Waals surface area contributed by atoms with Gasteiger partial charge in [0.1, 0.15) is 5.75 Å². The fourth-order valence-corrected chi connectivity index (χ4v) is 1.94. The standard InChI is InChI=1S/C15H14ClNO4/c1-8-5-11(14(21-2)7-10(8)16)17-15(20)9-3-4-12(18)13(19)6-9/h3-7,18-19H,1-2H3,(H,17,20). The number of ether oxygens (including phenoxy) is 1. The van der Waals surface area contributed by atoms with Crippen LogP contribution in [0.4, 0.5) is 5.69 Å². The molecule has 6 heteroatoms. The number of anilines is 1. The van der Waals surface area contributed by atoms with Gasteiger partial charge in [-0.1, -0.05) is 11.6 Å². The number of rotatable bonds is 3. The molecule has 2 rings (SSSR count). The van der Waals surface area contributed by atoms with Crippen molar-refractivity contribution in [3.63, 3.8) is 0 Å². The second-order valence-electron chi connectivity index (χ2n) is 4.46. The Kier molecular flexibility index (Phi) is 4.23. The molecule has 0 saturated carbocycles. The Morgan fingerprint density at radius 1 is 1.19 bits per heavy atom. The Bertz CT molecular complexity index is 700. The van der Waals surface area contributed by atoms with Crippen LogP contribution in [0.25, 0.3) is 0 Å². The lowest BCUT2D eigenvalue weighted by Crippen LogP contribution is -2.12. The third kappa shape index (κ3) is 3.20. The highest BCUT2D eigenvalue weighted by atomic mass is 35.5. The van der Waals surface area contributed by atoms with Gasteiger partial charge < -0.3 is 20.3 Å². The molecule has 0 radical (unpaired) electrons. The normalized spacial score (nSPS) is 10.2. The molecule has 1 amide bonds. The van der Waals surface area contributed by atoms with Crippen molar-refractivity contribution in [3.8, 4) is 17.2 Å². The molecule has 0 heterocycles. The van der Waals surface area contributed by atoms with Crippen LogP contribution in [0.3, 0.4) is 0 Å². The molecule has 0 bridgehead atoms. The number of hydrogen-bond acceptors (Lipinski definition) is 4. The smallest absolute Gasteiger partial charge is 0.255 e. The second-order valence-corrected chi connectivity index (χ2v) is 4.87. The summed E-state index contributed by atoms with van der Waals surface area (Å²) in [6.07, 6.45) is 0. The van der Waals surface area contributed by atoms with Gasteiger partial charge in [-0.05, 0) is 36.8 Å². The number of methoxy groups -OCH3 is 1. The first-order chi connectivity index (χ1) is 9.92. The monoisotopic (exact) mass is 307 g/mol. The van der Waals surface area contributed by atoms with Gasteiger partial charge in [-0.3, -0.25) is 4.79 Å². The third-order valence-electron chi connectivity index (χ3n) is 2.97. The van der Waals surface area contributed by atoms with E-state index in [0.29, 0.717) is 16.5 Å². The number of hydrogen-bond donors (Lipinski definition) is 3. The van der Waals surface area contributed by atoms with Crippen LogP contribution in [0.2, 0.25) is 5.02 Å². The molecule has 0 saturated heterocycles. The lowest BCUT2D eigenvalue weighted by molar-refractivity contribution is 0.102. The molecule has 0 spiro atoms. The number of aromatic hydroxyl groups is 2. The number of phenolic OH excluding ortho intramolecular Hbond substituents is 2. The van der Waals surface area contributed by atoms with Crippen LogP contribution in [-0.4, -0.2) is 23.2 Å². The number of amides is 1. The van der Waals surface area contributed by atoms with Gasteiger partial charge in [-0.15, -0.1) is 0 Å². The van der Waals surface area contributed by atoms with Crippen molar-refractivity contribution in [2.45, 2.75) is 6.92 Å². The summed E-state index contributed by atoms with van der Waals surface area (Å²) in [5.41, 5.74) is 1.47. The van der Waals surface area contributed by atoms with E-state index in [0.717, 1.165) is 5.56 Å². The number of nitrogens with one attached hydrogen (secondary N) is 1. The van der Waals surface area contributed by atoms with E-state index in [1.54, 1.807) is 12.1 Å². The molecule has 0 unspecified atom stereocenters. The van der Waals surface area contributed by atoms with Crippen LogP contribution in [0, 0.1) is 6.92 Å². The van der Waals surface area contributed by atoms with Crippen molar-refractivity contribution in [1.82, 2.24) is 0 Å². The van der Waals surface area contributed by atoms with E-state index in [1.807, 2.05) is 6.92 Å². The predicted molar refractivity (Wildman–Crippen MR) is 80.5 cm³/mol. The first-order valence-electron chi connectivity index (χ1n) is 6.10. The van der Waals surface area contributed by atoms with Crippen molar-refractivity contribution < 1.29 is 19.7 Å². The molecule has 0 aromatic heterocycles. The number of aryl methyl sites for hydroxylation is 1. The predicted octanol–water partition coefficient (Wildman–Crippen LogP) is 3.32. The number of benzene rings is 2.